The molecule has 0 aliphatic heterocycles. The van der Waals surface area contributed by atoms with Gasteiger partial charge in [0.1, 0.15) is 0 Å². The van der Waals surface area contributed by atoms with Gasteiger partial charge in [-0.3, -0.25) is 0 Å². The van der Waals surface area contributed by atoms with Crippen molar-refractivity contribution in [1.29, 1.82) is 0 Å². The van der Waals surface area contributed by atoms with Crippen molar-refractivity contribution < 1.29 is 0 Å². The Balaban J connectivity index is 2.90. The van der Waals surface area contributed by atoms with E-state index in [4.69, 9.17) is 0 Å². The largest absolute Gasteiger partial charge is 0.103 e. The molecule has 0 heterocycles. The summed E-state index contributed by atoms with van der Waals surface area (Å²) in [5.41, 5.74) is 0. The average molecular weight is 80.1 g/mol. The molecular formula is C6H8. The lowest BCUT2D eigenvalue weighted by atomic mass is 10.4. The molecule has 0 saturated heterocycles. The smallest absolute Gasteiger partial charge is 0.0341 e. The first-order chi connectivity index (χ1) is 2.91. The molecule has 0 aromatic rings. The van der Waals surface area contributed by atoms with Gasteiger partial charge in [-0.2, -0.15) is 0 Å². The minimum atomic E-state index is 0.923. The monoisotopic (exact) mass is 80.1 g/mol. The number of hydrogen-bond acceptors (Lipinski definition) is 0. The standard InChI is InChI=1S/C6H8/c1-3-5-6-4-2/h3H,1,4H2,2H3. The molecule has 0 fully saturated rings. The Hall–Kier alpha value is -0.440. The third-order valence-corrected chi connectivity index (χ3v) is 0.381. The van der Waals surface area contributed by atoms with Crippen LogP contribution in [0.5, 0.6) is 0 Å². The van der Waals surface area contributed by atoms with Crippen LogP contribution in [0.25, 0.3) is 0 Å². The van der Waals surface area contributed by atoms with E-state index >= 15 is 0 Å². The van der Waals surface area contributed by atoms with Crippen molar-refractivity contribution in [3.63, 3.8) is 0 Å². The molecule has 0 nitrogen and oxygen atoms in total. The van der Waals surface area contributed by atoms with Crippen LogP contribution in [0.2, 0.25) is 0 Å². The second kappa shape index (κ2) is 4.56. The lowest BCUT2D eigenvalue weighted by molar-refractivity contribution is 1.28. The van der Waals surface area contributed by atoms with Gasteiger partial charge in [-0.25, -0.2) is 0 Å². The Kier molecular flexibility index (Phi) is 4.23. The molecule has 32 valence electrons. The first-order valence-corrected chi connectivity index (χ1v) is 2.01. The second-order valence-corrected chi connectivity index (χ2v) is 0.879. The van der Waals surface area contributed by atoms with Gasteiger partial charge in [-0.05, 0) is 6.92 Å². The van der Waals surface area contributed by atoms with Gasteiger partial charge in [0.25, 0.3) is 0 Å². The maximum absolute atomic E-state index is 3.42. The SMILES string of the molecule is [CH2][CH]C#CCC. The van der Waals surface area contributed by atoms with Gasteiger partial charge in [0.15, 0.2) is 0 Å². The van der Waals surface area contributed by atoms with Gasteiger partial charge >= 0.3 is 0 Å². The molecule has 0 aromatic carbocycles. The normalized spacial score (nSPS) is 6.33. The molecule has 0 saturated carbocycles. The van der Waals surface area contributed by atoms with Gasteiger partial charge in [-0.1, -0.05) is 12.8 Å². The van der Waals surface area contributed by atoms with Crippen LogP contribution in [0.15, 0.2) is 0 Å². The van der Waals surface area contributed by atoms with Crippen LogP contribution in [0.4, 0.5) is 0 Å². The molecule has 0 aromatic heterocycles. The summed E-state index contributed by atoms with van der Waals surface area (Å²) in [5.74, 6) is 5.54. The highest BCUT2D eigenvalue weighted by molar-refractivity contribution is 5.10. The van der Waals surface area contributed by atoms with E-state index in [2.05, 4.69) is 18.8 Å². The molecule has 0 bridgehead atoms. The highest BCUT2D eigenvalue weighted by Crippen LogP contribution is 1.68. The quantitative estimate of drug-likeness (QED) is 0.386. The summed E-state index contributed by atoms with van der Waals surface area (Å²) in [6, 6.07) is 0. The van der Waals surface area contributed by atoms with E-state index in [1.165, 1.54) is 0 Å². The van der Waals surface area contributed by atoms with Gasteiger partial charge in [-0.15, -0.1) is 5.92 Å². The third kappa shape index (κ3) is 3.56. The van der Waals surface area contributed by atoms with Gasteiger partial charge < -0.3 is 0 Å². The lowest BCUT2D eigenvalue weighted by Gasteiger charge is -1.64. The highest BCUT2D eigenvalue weighted by Gasteiger charge is 1.57. The van der Waals surface area contributed by atoms with E-state index in [0.717, 1.165) is 6.42 Å². The van der Waals surface area contributed by atoms with Crippen molar-refractivity contribution in [3.05, 3.63) is 13.3 Å². The van der Waals surface area contributed by atoms with Crippen LogP contribution in [0, 0.1) is 25.2 Å². The fourth-order valence-electron chi connectivity index (χ4n) is 0.174. The number of hydrogen-bond donors (Lipinski definition) is 0. The molecule has 0 unspecified atom stereocenters. The zero-order valence-electron chi connectivity index (χ0n) is 3.99. The summed E-state index contributed by atoms with van der Waals surface area (Å²) < 4.78 is 0. The Bertz CT molecular complexity index is 53.8. The molecule has 0 amide bonds. The Morgan fingerprint density at radius 3 is 2.67 bits per heavy atom. The fourth-order valence-corrected chi connectivity index (χ4v) is 0.174. The fraction of sp³-hybridized carbons (Fsp3) is 0.333. The zero-order valence-corrected chi connectivity index (χ0v) is 3.99. The van der Waals surface area contributed by atoms with Crippen LogP contribution < -0.4 is 0 Å². The molecular weight excluding hydrogens is 72.1 g/mol. The predicted octanol–water partition coefficient (Wildman–Crippen LogP) is 1.44. The average Bonchev–Trinajstić information content (AvgIpc) is 1.61. The molecule has 0 rings (SSSR count). The third-order valence-electron chi connectivity index (χ3n) is 0.381. The summed E-state index contributed by atoms with van der Waals surface area (Å²) in [6.07, 6.45) is 2.52. The van der Waals surface area contributed by atoms with Crippen molar-refractivity contribution in [2.45, 2.75) is 13.3 Å². The first-order valence-electron chi connectivity index (χ1n) is 2.01. The van der Waals surface area contributed by atoms with E-state index in [-0.39, 0.29) is 0 Å². The zero-order chi connectivity index (χ0) is 4.83. The molecule has 6 heavy (non-hydrogen) atoms. The van der Waals surface area contributed by atoms with E-state index in [1.54, 1.807) is 6.42 Å². The van der Waals surface area contributed by atoms with Gasteiger partial charge in [0.05, 0.1) is 0 Å². The topological polar surface area (TPSA) is 0 Å². The lowest BCUT2D eigenvalue weighted by Crippen LogP contribution is -1.54. The van der Waals surface area contributed by atoms with Crippen LogP contribution in [-0.2, 0) is 0 Å². The van der Waals surface area contributed by atoms with Crippen molar-refractivity contribution in [2.75, 3.05) is 0 Å². The minimum absolute atomic E-state index is 0.923. The van der Waals surface area contributed by atoms with Gasteiger partial charge in [0, 0.05) is 12.8 Å². The summed E-state index contributed by atoms with van der Waals surface area (Å²) in [6.45, 7) is 5.44. The predicted molar refractivity (Wildman–Crippen MR) is 27.7 cm³/mol. The Morgan fingerprint density at radius 2 is 2.50 bits per heavy atom. The van der Waals surface area contributed by atoms with E-state index < -0.39 is 0 Å². The van der Waals surface area contributed by atoms with Gasteiger partial charge in [0.2, 0.25) is 0 Å². The maximum atomic E-state index is 3.42. The second-order valence-electron chi connectivity index (χ2n) is 0.879. The van der Waals surface area contributed by atoms with Crippen molar-refractivity contribution in [1.82, 2.24) is 0 Å². The van der Waals surface area contributed by atoms with Crippen LogP contribution in [-0.4, -0.2) is 0 Å². The van der Waals surface area contributed by atoms with E-state index in [1.807, 2.05) is 6.92 Å². The minimum Gasteiger partial charge on any atom is -0.103 e. The van der Waals surface area contributed by atoms with Crippen LogP contribution in [0.1, 0.15) is 13.3 Å². The number of rotatable bonds is 0. The summed E-state index contributed by atoms with van der Waals surface area (Å²) in [7, 11) is 0. The maximum Gasteiger partial charge on any atom is 0.0341 e. The summed E-state index contributed by atoms with van der Waals surface area (Å²) >= 11 is 0. The summed E-state index contributed by atoms with van der Waals surface area (Å²) in [4.78, 5) is 0. The molecule has 0 heteroatoms. The van der Waals surface area contributed by atoms with Crippen molar-refractivity contribution >= 4 is 0 Å². The molecule has 0 N–H and O–H groups in total. The summed E-state index contributed by atoms with van der Waals surface area (Å²) in [5, 5.41) is 0. The molecule has 0 spiro atoms. The molecule has 2 radical (unpaired) electrons. The first kappa shape index (κ1) is 5.56. The molecule has 0 atom stereocenters. The Labute approximate surface area is 39.6 Å². The van der Waals surface area contributed by atoms with E-state index in [0.29, 0.717) is 0 Å². The van der Waals surface area contributed by atoms with E-state index in [9.17, 15) is 0 Å². The van der Waals surface area contributed by atoms with Crippen molar-refractivity contribution in [2.24, 2.45) is 0 Å². The Morgan fingerprint density at radius 1 is 1.83 bits per heavy atom. The molecule has 0 aliphatic rings. The van der Waals surface area contributed by atoms with Crippen LogP contribution in [0.3, 0.4) is 0 Å². The van der Waals surface area contributed by atoms with Crippen LogP contribution >= 0.6 is 0 Å². The van der Waals surface area contributed by atoms with Crippen molar-refractivity contribution in [3.8, 4) is 11.8 Å². The molecule has 0 aliphatic carbocycles. The highest BCUT2D eigenvalue weighted by atomic mass is 13.6.